The Morgan fingerprint density at radius 1 is 1.05 bits per heavy atom. The number of aromatic nitrogens is 3. The van der Waals surface area contributed by atoms with Crippen molar-refractivity contribution in [2.45, 2.75) is 70.7 Å². The zero-order chi connectivity index (χ0) is 30.8. The van der Waals surface area contributed by atoms with E-state index in [0.29, 0.717) is 44.8 Å². The molecule has 6 rings (SSSR count). The number of benzene rings is 1. The number of amides is 1. The molecule has 2 aromatic heterocycles. The maximum Gasteiger partial charge on any atom is 0.410 e. The van der Waals surface area contributed by atoms with Crippen molar-refractivity contribution >= 4 is 28.5 Å². The number of hydrogen-bond acceptors (Lipinski definition) is 10. The van der Waals surface area contributed by atoms with Crippen LogP contribution in [0.1, 0.15) is 51.3 Å². The number of anilines is 2. The van der Waals surface area contributed by atoms with Crippen LogP contribution in [0, 0.1) is 11.3 Å². The lowest BCUT2D eigenvalue weighted by Gasteiger charge is -2.42. The van der Waals surface area contributed by atoms with Crippen LogP contribution in [0.3, 0.4) is 0 Å². The number of likely N-dealkylation sites (N-methyl/N-ethyl adjacent to an activating group) is 1. The first-order valence-corrected chi connectivity index (χ1v) is 15.6. The monoisotopic (exact) mass is 598 g/mol. The van der Waals surface area contributed by atoms with E-state index in [-0.39, 0.29) is 18.6 Å². The molecule has 0 spiro atoms. The smallest absolute Gasteiger partial charge is 0.410 e. The summed E-state index contributed by atoms with van der Waals surface area (Å²) in [5.41, 5.74) is 1.41. The third-order valence-corrected chi connectivity index (χ3v) is 8.79. The topological polar surface area (TPSA) is 111 Å². The zero-order valence-electron chi connectivity index (χ0n) is 26.2. The molecule has 11 nitrogen and oxygen atoms in total. The van der Waals surface area contributed by atoms with Gasteiger partial charge in [-0.1, -0.05) is 24.3 Å². The van der Waals surface area contributed by atoms with Gasteiger partial charge >= 0.3 is 12.1 Å². The molecule has 44 heavy (non-hydrogen) atoms. The molecule has 3 aliphatic rings. The van der Waals surface area contributed by atoms with Gasteiger partial charge in [0.2, 0.25) is 0 Å². The number of pyridine rings is 1. The van der Waals surface area contributed by atoms with Crippen molar-refractivity contribution < 1.29 is 14.3 Å². The number of nitrogens with zero attached hydrogens (tertiary/aromatic N) is 8. The molecular weight excluding hydrogens is 556 g/mol. The first-order chi connectivity index (χ1) is 21.2. The molecule has 232 valence electrons. The molecule has 0 saturated carbocycles. The van der Waals surface area contributed by atoms with Crippen LogP contribution in [0.5, 0.6) is 6.01 Å². The van der Waals surface area contributed by atoms with E-state index in [1.165, 1.54) is 0 Å². The quantitative estimate of drug-likeness (QED) is 0.405. The minimum absolute atomic E-state index is 0.209. The lowest BCUT2D eigenvalue weighted by molar-refractivity contribution is 0.0144. The van der Waals surface area contributed by atoms with Gasteiger partial charge in [0, 0.05) is 49.4 Å². The molecule has 0 aliphatic carbocycles. The molecule has 3 aliphatic heterocycles. The first kappa shape index (κ1) is 29.9. The van der Waals surface area contributed by atoms with Crippen molar-refractivity contribution in [3.8, 4) is 12.1 Å². The molecule has 0 N–H and O–H groups in total. The second-order valence-electron chi connectivity index (χ2n) is 13.0. The zero-order valence-corrected chi connectivity index (χ0v) is 26.2. The first-order valence-electron chi connectivity index (χ1n) is 15.6. The summed E-state index contributed by atoms with van der Waals surface area (Å²) in [5, 5.41) is 11.9. The summed E-state index contributed by atoms with van der Waals surface area (Å²) < 4.78 is 12.0. The van der Waals surface area contributed by atoms with Crippen LogP contribution in [0.25, 0.3) is 10.8 Å². The van der Waals surface area contributed by atoms with Crippen molar-refractivity contribution in [3.05, 3.63) is 47.8 Å². The summed E-state index contributed by atoms with van der Waals surface area (Å²) in [6.45, 7) is 10.0. The largest absolute Gasteiger partial charge is 0.462 e. The van der Waals surface area contributed by atoms with Crippen LogP contribution in [-0.4, -0.2) is 94.9 Å². The van der Waals surface area contributed by atoms with E-state index in [1.54, 1.807) is 4.90 Å². The van der Waals surface area contributed by atoms with Crippen molar-refractivity contribution in [3.63, 3.8) is 0 Å². The second-order valence-corrected chi connectivity index (χ2v) is 13.0. The molecule has 3 aromatic rings. The third-order valence-electron chi connectivity index (χ3n) is 8.79. The molecule has 0 unspecified atom stereocenters. The SMILES string of the molecule is CN1CCC[C@H]1COc1nc2c(c(N3CCN(C(=O)OC(C)(C)C)[C@@H](CC#N)C3)n1)CCN(c1nccc3ccccc13)C2. The summed E-state index contributed by atoms with van der Waals surface area (Å²) in [5.74, 6) is 1.78. The van der Waals surface area contributed by atoms with Gasteiger partial charge in [-0.25, -0.2) is 9.78 Å². The average Bonchev–Trinajstić information content (AvgIpc) is 3.42. The maximum absolute atomic E-state index is 13.0. The van der Waals surface area contributed by atoms with E-state index < -0.39 is 5.60 Å². The van der Waals surface area contributed by atoms with Crippen LogP contribution in [0.4, 0.5) is 16.4 Å². The highest BCUT2D eigenvalue weighted by molar-refractivity contribution is 5.92. The van der Waals surface area contributed by atoms with Crippen LogP contribution < -0.4 is 14.5 Å². The molecule has 5 heterocycles. The number of carbonyl (C=O) groups excluding carboxylic acids is 1. The second kappa shape index (κ2) is 12.4. The maximum atomic E-state index is 13.0. The summed E-state index contributed by atoms with van der Waals surface area (Å²) in [4.78, 5) is 36.3. The Hall–Kier alpha value is -4.17. The molecule has 1 aromatic carbocycles. The highest BCUT2D eigenvalue weighted by Gasteiger charge is 2.36. The lowest BCUT2D eigenvalue weighted by atomic mass is 10.0. The number of ether oxygens (including phenoxy) is 2. The van der Waals surface area contributed by atoms with Gasteiger partial charge in [-0.05, 0) is 65.1 Å². The predicted octanol–water partition coefficient (Wildman–Crippen LogP) is 4.40. The average molecular weight is 599 g/mol. The fraction of sp³-hybridized carbons (Fsp3) is 0.545. The minimum atomic E-state index is -0.610. The van der Waals surface area contributed by atoms with Gasteiger partial charge in [0.1, 0.15) is 23.8 Å². The van der Waals surface area contributed by atoms with Crippen LogP contribution >= 0.6 is 0 Å². The number of rotatable bonds is 6. The molecule has 11 heteroatoms. The van der Waals surface area contributed by atoms with Gasteiger partial charge < -0.3 is 29.1 Å². The summed E-state index contributed by atoms with van der Waals surface area (Å²) in [6, 6.07) is 13.0. The van der Waals surface area contributed by atoms with E-state index in [9.17, 15) is 10.1 Å². The van der Waals surface area contributed by atoms with Crippen LogP contribution in [0.15, 0.2) is 36.5 Å². The normalized spacial score (nSPS) is 20.8. The molecular formula is C33H42N8O3. The van der Waals surface area contributed by atoms with E-state index in [1.807, 2.05) is 45.2 Å². The summed E-state index contributed by atoms with van der Waals surface area (Å²) >= 11 is 0. The number of carbonyl (C=O) groups is 1. The number of fused-ring (bicyclic) bond motifs is 2. The summed E-state index contributed by atoms with van der Waals surface area (Å²) in [7, 11) is 2.13. The Labute approximate surface area is 259 Å². The van der Waals surface area contributed by atoms with Crippen LogP contribution in [-0.2, 0) is 17.7 Å². The highest BCUT2D eigenvalue weighted by Crippen LogP contribution is 2.34. The van der Waals surface area contributed by atoms with E-state index in [0.717, 1.165) is 66.0 Å². The van der Waals surface area contributed by atoms with E-state index in [4.69, 9.17) is 24.4 Å². The van der Waals surface area contributed by atoms with Gasteiger partial charge in [-0.2, -0.15) is 15.2 Å². The highest BCUT2D eigenvalue weighted by atomic mass is 16.6. The fourth-order valence-electron chi connectivity index (χ4n) is 6.50. The molecule has 0 bridgehead atoms. The molecule has 1 amide bonds. The van der Waals surface area contributed by atoms with Crippen molar-refractivity contribution in [2.24, 2.45) is 0 Å². The molecule has 0 radical (unpaired) electrons. The molecule has 2 atom stereocenters. The van der Waals surface area contributed by atoms with Gasteiger partial charge in [0.15, 0.2) is 0 Å². The fourth-order valence-corrected chi connectivity index (χ4v) is 6.50. The van der Waals surface area contributed by atoms with Crippen molar-refractivity contribution in [2.75, 3.05) is 56.2 Å². The van der Waals surface area contributed by atoms with Crippen molar-refractivity contribution in [1.29, 1.82) is 5.26 Å². The van der Waals surface area contributed by atoms with Gasteiger partial charge in [-0.15, -0.1) is 0 Å². The number of likely N-dealkylation sites (tertiary alicyclic amines) is 1. The summed E-state index contributed by atoms with van der Waals surface area (Å²) in [6.07, 6.45) is 4.69. The van der Waals surface area contributed by atoms with E-state index >= 15 is 0 Å². The predicted molar refractivity (Wildman–Crippen MR) is 169 cm³/mol. The van der Waals surface area contributed by atoms with Crippen molar-refractivity contribution in [1.82, 2.24) is 24.8 Å². The Morgan fingerprint density at radius 3 is 2.66 bits per heavy atom. The number of hydrogen-bond donors (Lipinski definition) is 0. The molecule has 2 fully saturated rings. The standard InChI is InChI=1S/C33H42N8O3/c1-33(2,3)44-32(42)41-19-18-40(20-24(41)11-14-34)30-27-13-17-39(29-26-10-6-5-8-23(26)12-15-35-29)21-28(27)36-31(37-30)43-22-25-9-7-16-38(25)4/h5-6,8,10,12,15,24-25H,7,9,11,13,16-22H2,1-4H3/t24-,25-/m0/s1. The van der Waals surface area contributed by atoms with Crippen LogP contribution in [0.2, 0.25) is 0 Å². The number of piperazine rings is 1. The van der Waals surface area contributed by atoms with Gasteiger partial charge in [-0.3, -0.25) is 0 Å². The number of nitriles is 1. The molecule has 2 saturated heterocycles. The Bertz CT molecular complexity index is 1550. The van der Waals surface area contributed by atoms with E-state index in [2.05, 4.69) is 39.9 Å². The Balaban J connectivity index is 1.30. The van der Waals surface area contributed by atoms with Gasteiger partial charge in [0.05, 0.1) is 30.8 Å². The minimum Gasteiger partial charge on any atom is -0.462 e. The third kappa shape index (κ3) is 6.36. The lowest BCUT2D eigenvalue weighted by Crippen LogP contribution is -2.56. The Kier molecular flexibility index (Phi) is 8.45. The van der Waals surface area contributed by atoms with Gasteiger partial charge in [0.25, 0.3) is 0 Å². The Morgan fingerprint density at radius 2 is 1.89 bits per heavy atom.